The van der Waals surface area contributed by atoms with Gasteiger partial charge in [-0.05, 0) is 60.7 Å². The number of carbonyl (C=O) groups is 1. The van der Waals surface area contributed by atoms with E-state index in [-0.39, 0.29) is 5.91 Å². The Bertz CT molecular complexity index is 1150. The summed E-state index contributed by atoms with van der Waals surface area (Å²) in [4.78, 5) is 12.4. The fourth-order valence-electron chi connectivity index (χ4n) is 3.60. The second-order valence-corrected chi connectivity index (χ2v) is 7.67. The number of carbonyl (C=O) groups excluding carboxylic acids is 1. The van der Waals surface area contributed by atoms with E-state index in [0.29, 0.717) is 12.1 Å². The number of H-pyrrole nitrogens is 1. The number of aromatic amines is 1. The molecule has 0 saturated carbocycles. The van der Waals surface area contributed by atoms with Gasteiger partial charge in [0.1, 0.15) is 5.75 Å². The minimum atomic E-state index is -0.0436. The number of aromatic nitrogens is 2. The molecule has 0 spiro atoms. The van der Waals surface area contributed by atoms with Crippen LogP contribution in [-0.4, -0.2) is 29.8 Å². The van der Waals surface area contributed by atoms with Crippen molar-refractivity contribution in [3.8, 4) is 28.3 Å². The van der Waals surface area contributed by atoms with E-state index < -0.39 is 0 Å². The molecule has 1 aromatic heterocycles. The Morgan fingerprint density at radius 2 is 1.72 bits per heavy atom. The highest BCUT2D eigenvalue weighted by molar-refractivity contribution is 5.94. The molecule has 4 rings (SSSR count). The number of benzene rings is 3. The fourth-order valence-corrected chi connectivity index (χ4v) is 3.60. The van der Waals surface area contributed by atoms with Gasteiger partial charge < -0.3 is 10.1 Å². The van der Waals surface area contributed by atoms with Crippen molar-refractivity contribution in [1.82, 2.24) is 15.5 Å². The van der Waals surface area contributed by atoms with Crippen LogP contribution in [0.4, 0.5) is 0 Å². The predicted molar refractivity (Wildman–Crippen MR) is 128 cm³/mol. The van der Waals surface area contributed by atoms with E-state index >= 15 is 0 Å². The molecule has 0 aliphatic rings. The average molecular weight is 426 g/mol. The van der Waals surface area contributed by atoms with Gasteiger partial charge in [0, 0.05) is 17.7 Å². The Hall–Kier alpha value is -3.86. The Labute approximate surface area is 188 Å². The number of nitrogens with one attached hydrogen (secondary N) is 2. The minimum Gasteiger partial charge on any atom is -0.497 e. The first-order valence-corrected chi connectivity index (χ1v) is 10.9. The normalized spacial score (nSPS) is 10.7. The molecule has 0 fully saturated rings. The average Bonchev–Trinajstić information content (AvgIpc) is 3.35. The predicted octanol–water partition coefficient (Wildman–Crippen LogP) is 5.51. The molecule has 1 heterocycles. The Morgan fingerprint density at radius 1 is 0.906 bits per heavy atom. The highest BCUT2D eigenvalue weighted by Gasteiger charge is 2.09. The summed E-state index contributed by atoms with van der Waals surface area (Å²) >= 11 is 0. The van der Waals surface area contributed by atoms with Crippen molar-refractivity contribution >= 4 is 5.91 Å². The van der Waals surface area contributed by atoms with Crippen molar-refractivity contribution < 1.29 is 9.53 Å². The summed E-state index contributed by atoms with van der Waals surface area (Å²) < 4.78 is 5.29. The van der Waals surface area contributed by atoms with Crippen LogP contribution < -0.4 is 10.1 Å². The molecule has 0 radical (unpaired) electrons. The molecule has 1 amide bonds. The van der Waals surface area contributed by atoms with Gasteiger partial charge in [-0.2, -0.15) is 5.10 Å². The molecule has 0 aliphatic heterocycles. The van der Waals surface area contributed by atoms with Crippen LogP contribution in [0.25, 0.3) is 22.5 Å². The summed E-state index contributed by atoms with van der Waals surface area (Å²) in [5.41, 5.74) is 5.69. The van der Waals surface area contributed by atoms with E-state index in [2.05, 4.69) is 39.8 Å². The molecule has 5 heteroatoms. The second-order valence-electron chi connectivity index (χ2n) is 7.67. The van der Waals surface area contributed by atoms with Crippen LogP contribution in [0.15, 0.2) is 84.9 Å². The molecule has 0 bridgehead atoms. The van der Waals surface area contributed by atoms with Crippen LogP contribution in [0.3, 0.4) is 0 Å². The van der Waals surface area contributed by atoms with Gasteiger partial charge in [-0.15, -0.1) is 0 Å². The Morgan fingerprint density at radius 3 is 2.50 bits per heavy atom. The topological polar surface area (TPSA) is 67.0 Å². The van der Waals surface area contributed by atoms with Crippen molar-refractivity contribution in [2.24, 2.45) is 0 Å². The molecule has 0 aliphatic carbocycles. The van der Waals surface area contributed by atoms with E-state index in [0.717, 1.165) is 47.5 Å². The van der Waals surface area contributed by atoms with Crippen LogP contribution in [0.1, 0.15) is 28.8 Å². The van der Waals surface area contributed by atoms with Crippen molar-refractivity contribution in [3.63, 3.8) is 0 Å². The Kier molecular flexibility index (Phi) is 6.98. The zero-order chi connectivity index (χ0) is 22.2. The second kappa shape index (κ2) is 10.4. The van der Waals surface area contributed by atoms with Gasteiger partial charge in [-0.3, -0.25) is 9.89 Å². The van der Waals surface area contributed by atoms with Crippen molar-refractivity contribution in [2.75, 3.05) is 13.7 Å². The maximum absolute atomic E-state index is 12.4. The molecule has 2 N–H and O–H groups in total. The SMILES string of the molecule is COc1cccc(-c2cc(-c3ccc(C(=O)NCCCCc4ccccc4)cc3)[nH]n2)c1. The number of unbranched alkanes of at least 4 members (excludes halogenated alkanes) is 1. The van der Waals surface area contributed by atoms with E-state index in [1.54, 1.807) is 7.11 Å². The molecule has 0 saturated heterocycles. The van der Waals surface area contributed by atoms with Crippen LogP contribution in [0.2, 0.25) is 0 Å². The smallest absolute Gasteiger partial charge is 0.251 e. The Balaban J connectivity index is 1.30. The number of nitrogens with zero attached hydrogens (tertiary/aromatic N) is 1. The summed E-state index contributed by atoms with van der Waals surface area (Å²) in [6.07, 6.45) is 3.05. The number of hydrogen-bond acceptors (Lipinski definition) is 3. The van der Waals surface area contributed by atoms with Gasteiger partial charge in [0.25, 0.3) is 5.91 Å². The number of aryl methyl sites for hydroxylation is 1. The fraction of sp³-hybridized carbons (Fsp3) is 0.185. The third-order valence-electron chi connectivity index (χ3n) is 5.42. The van der Waals surface area contributed by atoms with Gasteiger partial charge in [-0.1, -0.05) is 54.6 Å². The molecule has 32 heavy (non-hydrogen) atoms. The van der Waals surface area contributed by atoms with Gasteiger partial charge in [0.2, 0.25) is 0 Å². The summed E-state index contributed by atoms with van der Waals surface area (Å²) in [6, 6.07) is 27.8. The molecular weight excluding hydrogens is 398 g/mol. The van der Waals surface area contributed by atoms with E-state index in [9.17, 15) is 4.79 Å². The first kappa shape index (κ1) is 21.4. The quantitative estimate of drug-likeness (QED) is 0.348. The van der Waals surface area contributed by atoms with E-state index in [4.69, 9.17) is 4.74 Å². The largest absolute Gasteiger partial charge is 0.497 e. The molecule has 0 unspecified atom stereocenters. The highest BCUT2D eigenvalue weighted by atomic mass is 16.5. The molecule has 162 valence electrons. The molecule has 4 aromatic rings. The first-order valence-electron chi connectivity index (χ1n) is 10.9. The lowest BCUT2D eigenvalue weighted by Gasteiger charge is -2.06. The third kappa shape index (κ3) is 5.43. The maximum atomic E-state index is 12.4. The van der Waals surface area contributed by atoms with Gasteiger partial charge in [0.05, 0.1) is 18.5 Å². The summed E-state index contributed by atoms with van der Waals surface area (Å²) in [5, 5.41) is 10.5. The number of hydrogen-bond donors (Lipinski definition) is 2. The zero-order valence-corrected chi connectivity index (χ0v) is 18.2. The number of ether oxygens (including phenoxy) is 1. The van der Waals surface area contributed by atoms with Crippen LogP contribution in [-0.2, 0) is 6.42 Å². The number of rotatable bonds is 9. The number of methoxy groups -OCH3 is 1. The summed E-state index contributed by atoms with van der Waals surface area (Å²) in [5.74, 6) is 0.750. The lowest BCUT2D eigenvalue weighted by atomic mass is 10.1. The van der Waals surface area contributed by atoms with Gasteiger partial charge in [0.15, 0.2) is 0 Å². The molecular formula is C27H27N3O2. The molecule has 5 nitrogen and oxygen atoms in total. The highest BCUT2D eigenvalue weighted by Crippen LogP contribution is 2.26. The van der Waals surface area contributed by atoms with E-state index in [1.165, 1.54) is 5.56 Å². The van der Waals surface area contributed by atoms with Gasteiger partial charge >= 0.3 is 0 Å². The van der Waals surface area contributed by atoms with Crippen molar-refractivity contribution in [3.05, 3.63) is 96.1 Å². The number of amides is 1. The molecule has 0 atom stereocenters. The summed E-state index contributed by atoms with van der Waals surface area (Å²) in [7, 11) is 1.65. The maximum Gasteiger partial charge on any atom is 0.251 e. The third-order valence-corrected chi connectivity index (χ3v) is 5.42. The van der Waals surface area contributed by atoms with Crippen LogP contribution in [0.5, 0.6) is 5.75 Å². The van der Waals surface area contributed by atoms with Crippen LogP contribution in [0, 0.1) is 0 Å². The lowest BCUT2D eigenvalue weighted by molar-refractivity contribution is 0.0953. The monoisotopic (exact) mass is 425 g/mol. The van der Waals surface area contributed by atoms with Crippen molar-refractivity contribution in [2.45, 2.75) is 19.3 Å². The molecule has 3 aromatic carbocycles. The van der Waals surface area contributed by atoms with Crippen molar-refractivity contribution in [1.29, 1.82) is 0 Å². The standard InChI is InChI=1S/C27H27N3O2/c1-32-24-12-7-11-23(18-24)26-19-25(29-30-26)21-13-15-22(16-14-21)27(31)28-17-6-5-10-20-8-3-2-4-9-20/h2-4,7-9,11-16,18-19H,5-6,10,17H2,1H3,(H,28,31)(H,29,30). The van der Waals surface area contributed by atoms with Crippen LogP contribution >= 0.6 is 0 Å². The van der Waals surface area contributed by atoms with E-state index in [1.807, 2.05) is 60.7 Å². The minimum absolute atomic E-state index is 0.0436. The zero-order valence-electron chi connectivity index (χ0n) is 18.2. The van der Waals surface area contributed by atoms with Gasteiger partial charge in [-0.25, -0.2) is 0 Å². The first-order chi connectivity index (χ1) is 15.7. The lowest BCUT2D eigenvalue weighted by Crippen LogP contribution is -2.24. The summed E-state index contributed by atoms with van der Waals surface area (Å²) in [6.45, 7) is 0.678.